The Morgan fingerprint density at radius 3 is 2.23 bits per heavy atom. The van der Waals surface area contributed by atoms with Crippen LogP contribution in [-0.4, -0.2) is 27.6 Å². The standard InChI is InChI=1S/C15H21ClN2O4/c1-8(2)12(15(21)22)17-14(20)13(9(3)4)18-7-10(16)5-6-11(18)19/h5-9,12-13H,1-4H3,(H,17,20)(H,21,22). The molecule has 0 spiro atoms. The molecule has 1 aromatic rings. The number of rotatable bonds is 6. The van der Waals surface area contributed by atoms with Crippen molar-refractivity contribution in [1.29, 1.82) is 0 Å². The summed E-state index contributed by atoms with van der Waals surface area (Å²) in [6, 6.07) is 0.891. The van der Waals surface area contributed by atoms with Crippen molar-refractivity contribution in [2.24, 2.45) is 11.8 Å². The van der Waals surface area contributed by atoms with Crippen molar-refractivity contribution in [3.8, 4) is 0 Å². The lowest BCUT2D eigenvalue weighted by Gasteiger charge is -2.26. The van der Waals surface area contributed by atoms with Gasteiger partial charge in [0.2, 0.25) is 5.91 Å². The first-order chi connectivity index (χ1) is 10.1. The van der Waals surface area contributed by atoms with E-state index in [1.807, 2.05) is 0 Å². The van der Waals surface area contributed by atoms with E-state index in [2.05, 4.69) is 5.32 Å². The molecule has 1 heterocycles. The quantitative estimate of drug-likeness (QED) is 0.835. The molecule has 0 saturated heterocycles. The highest BCUT2D eigenvalue weighted by atomic mass is 35.5. The van der Waals surface area contributed by atoms with Crippen molar-refractivity contribution in [1.82, 2.24) is 9.88 Å². The molecule has 0 aliphatic heterocycles. The molecule has 2 atom stereocenters. The summed E-state index contributed by atoms with van der Waals surface area (Å²) in [5.74, 6) is -2.10. The van der Waals surface area contributed by atoms with Crippen LogP contribution in [0.5, 0.6) is 0 Å². The van der Waals surface area contributed by atoms with E-state index in [-0.39, 0.29) is 17.4 Å². The van der Waals surface area contributed by atoms with Crippen molar-refractivity contribution in [3.05, 3.63) is 33.7 Å². The molecule has 2 unspecified atom stereocenters. The molecule has 2 N–H and O–H groups in total. The zero-order chi connectivity index (χ0) is 17.0. The summed E-state index contributed by atoms with van der Waals surface area (Å²) in [5, 5.41) is 12.0. The van der Waals surface area contributed by atoms with Crippen LogP contribution in [0.15, 0.2) is 23.1 Å². The average Bonchev–Trinajstić information content (AvgIpc) is 2.39. The fourth-order valence-corrected chi connectivity index (χ4v) is 2.36. The number of hydrogen-bond donors (Lipinski definition) is 2. The molecule has 7 heteroatoms. The minimum atomic E-state index is -1.11. The van der Waals surface area contributed by atoms with Crippen molar-refractivity contribution in [2.75, 3.05) is 0 Å². The number of nitrogens with zero attached hydrogens (tertiary/aromatic N) is 1. The van der Waals surface area contributed by atoms with E-state index in [1.54, 1.807) is 27.7 Å². The molecule has 0 saturated carbocycles. The molecule has 6 nitrogen and oxygen atoms in total. The van der Waals surface area contributed by atoms with Gasteiger partial charge in [0.1, 0.15) is 12.1 Å². The van der Waals surface area contributed by atoms with Gasteiger partial charge in [-0.1, -0.05) is 39.3 Å². The van der Waals surface area contributed by atoms with Crippen LogP contribution in [0, 0.1) is 11.8 Å². The van der Waals surface area contributed by atoms with Crippen LogP contribution in [0.1, 0.15) is 33.7 Å². The van der Waals surface area contributed by atoms with E-state index in [0.29, 0.717) is 5.02 Å². The number of hydrogen-bond acceptors (Lipinski definition) is 3. The van der Waals surface area contributed by atoms with Gasteiger partial charge in [0.25, 0.3) is 5.56 Å². The Labute approximate surface area is 134 Å². The minimum Gasteiger partial charge on any atom is -0.480 e. The Balaban J connectivity index is 3.15. The molecule has 1 amide bonds. The molecule has 122 valence electrons. The highest BCUT2D eigenvalue weighted by molar-refractivity contribution is 6.30. The van der Waals surface area contributed by atoms with Crippen molar-refractivity contribution >= 4 is 23.5 Å². The molecule has 22 heavy (non-hydrogen) atoms. The molecule has 0 aromatic carbocycles. The fourth-order valence-electron chi connectivity index (χ4n) is 2.20. The predicted molar refractivity (Wildman–Crippen MR) is 84.0 cm³/mol. The van der Waals surface area contributed by atoms with Crippen LogP contribution in [0.3, 0.4) is 0 Å². The number of carbonyl (C=O) groups excluding carboxylic acids is 1. The predicted octanol–water partition coefficient (Wildman–Crippen LogP) is 1.92. The van der Waals surface area contributed by atoms with Gasteiger partial charge < -0.3 is 15.0 Å². The number of halogens is 1. The second-order valence-corrected chi connectivity index (χ2v) is 6.29. The summed E-state index contributed by atoms with van der Waals surface area (Å²) < 4.78 is 1.24. The normalized spacial score (nSPS) is 14.0. The van der Waals surface area contributed by atoms with E-state index < -0.39 is 24.0 Å². The topological polar surface area (TPSA) is 88.4 Å². The van der Waals surface area contributed by atoms with Crippen LogP contribution in [0.4, 0.5) is 0 Å². The van der Waals surface area contributed by atoms with Crippen LogP contribution >= 0.6 is 11.6 Å². The summed E-state index contributed by atoms with van der Waals surface area (Å²) in [5.41, 5.74) is -0.366. The Hall–Kier alpha value is -1.82. The third-order valence-electron chi connectivity index (χ3n) is 3.33. The van der Waals surface area contributed by atoms with Gasteiger partial charge in [-0.3, -0.25) is 9.59 Å². The monoisotopic (exact) mass is 328 g/mol. The van der Waals surface area contributed by atoms with Crippen molar-refractivity contribution < 1.29 is 14.7 Å². The molecule has 0 bridgehead atoms. The third-order valence-corrected chi connectivity index (χ3v) is 3.56. The SMILES string of the molecule is CC(C)C(NC(=O)C(C(C)C)n1cc(Cl)ccc1=O)C(=O)O. The Morgan fingerprint density at radius 2 is 1.77 bits per heavy atom. The van der Waals surface area contributed by atoms with Gasteiger partial charge in [-0.05, 0) is 17.9 Å². The van der Waals surface area contributed by atoms with Crippen LogP contribution in [0.2, 0.25) is 5.02 Å². The lowest BCUT2D eigenvalue weighted by molar-refractivity contribution is -0.143. The summed E-state index contributed by atoms with van der Waals surface area (Å²) in [6.07, 6.45) is 1.39. The van der Waals surface area contributed by atoms with E-state index in [0.717, 1.165) is 0 Å². The van der Waals surface area contributed by atoms with Gasteiger partial charge >= 0.3 is 5.97 Å². The van der Waals surface area contributed by atoms with Gasteiger partial charge in [0.05, 0.1) is 5.02 Å². The maximum atomic E-state index is 12.5. The maximum absolute atomic E-state index is 12.5. The Kier molecular flexibility index (Phi) is 6.17. The first-order valence-electron chi connectivity index (χ1n) is 7.06. The number of carbonyl (C=O) groups is 2. The highest BCUT2D eigenvalue weighted by Gasteiger charge is 2.30. The molecule has 0 aliphatic carbocycles. The second kappa shape index (κ2) is 7.45. The molecule has 0 fully saturated rings. The van der Waals surface area contributed by atoms with Crippen LogP contribution in [-0.2, 0) is 9.59 Å². The summed E-state index contributed by atoms with van der Waals surface area (Å²) in [6.45, 7) is 6.97. The smallest absolute Gasteiger partial charge is 0.326 e. The number of aliphatic carboxylic acids is 1. The highest BCUT2D eigenvalue weighted by Crippen LogP contribution is 2.19. The van der Waals surface area contributed by atoms with Gasteiger partial charge in [0, 0.05) is 12.3 Å². The molecular formula is C15H21ClN2O4. The average molecular weight is 329 g/mol. The Bertz CT molecular complexity index is 610. The van der Waals surface area contributed by atoms with Crippen molar-refractivity contribution in [2.45, 2.75) is 39.8 Å². The number of pyridine rings is 1. The number of amides is 1. The molecule has 1 rings (SSSR count). The minimum absolute atomic E-state index is 0.210. The summed E-state index contributed by atoms with van der Waals surface area (Å²) in [7, 11) is 0. The van der Waals surface area contributed by atoms with Gasteiger partial charge in [0.15, 0.2) is 0 Å². The third kappa shape index (κ3) is 4.34. The molecule has 0 aliphatic rings. The lowest BCUT2D eigenvalue weighted by Crippen LogP contribution is -2.49. The van der Waals surface area contributed by atoms with Gasteiger partial charge in [-0.15, -0.1) is 0 Å². The first kappa shape index (κ1) is 18.2. The molecular weight excluding hydrogens is 308 g/mol. The van der Waals surface area contributed by atoms with E-state index in [4.69, 9.17) is 11.6 Å². The van der Waals surface area contributed by atoms with Crippen LogP contribution < -0.4 is 10.9 Å². The maximum Gasteiger partial charge on any atom is 0.326 e. The number of aromatic nitrogens is 1. The summed E-state index contributed by atoms with van der Waals surface area (Å²) >= 11 is 5.89. The zero-order valence-electron chi connectivity index (χ0n) is 13.0. The first-order valence-corrected chi connectivity index (χ1v) is 7.43. The van der Waals surface area contributed by atoms with Crippen molar-refractivity contribution in [3.63, 3.8) is 0 Å². The number of carboxylic acids is 1. The zero-order valence-corrected chi connectivity index (χ0v) is 13.8. The molecule has 1 aromatic heterocycles. The number of nitrogens with one attached hydrogen (secondary N) is 1. The van der Waals surface area contributed by atoms with E-state index in [1.165, 1.54) is 22.9 Å². The number of carboxylic acid groups (broad SMARTS) is 1. The Morgan fingerprint density at radius 1 is 1.18 bits per heavy atom. The van der Waals surface area contributed by atoms with E-state index >= 15 is 0 Å². The second-order valence-electron chi connectivity index (χ2n) is 5.85. The van der Waals surface area contributed by atoms with Crippen LogP contribution in [0.25, 0.3) is 0 Å². The van der Waals surface area contributed by atoms with Gasteiger partial charge in [-0.25, -0.2) is 4.79 Å². The lowest BCUT2D eigenvalue weighted by atomic mass is 10.00. The largest absolute Gasteiger partial charge is 0.480 e. The summed E-state index contributed by atoms with van der Waals surface area (Å²) in [4.78, 5) is 35.7. The van der Waals surface area contributed by atoms with Gasteiger partial charge in [-0.2, -0.15) is 0 Å². The fraction of sp³-hybridized carbons (Fsp3) is 0.533. The van der Waals surface area contributed by atoms with E-state index in [9.17, 15) is 19.5 Å². The molecule has 0 radical (unpaired) electrons.